The Morgan fingerprint density at radius 1 is 1.12 bits per heavy atom. The second-order valence-electron chi connectivity index (χ2n) is 7.06. The zero-order valence-corrected chi connectivity index (χ0v) is 18.6. The van der Waals surface area contributed by atoms with Crippen molar-refractivity contribution in [2.75, 3.05) is 31.6 Å². The third-order valence-corrected chi connectivity index (χ3v) is 5.39. The zero-order valence-electron chi connectivity index (χ0n) is 17.1. The topological polar surface area (TPSA) is 141 Å². The number of amides is 2. The minimum Gasteiger partial charge on any atom is -0.493 e. The van der Waals surface area contributed by atoms with E-state index in [2.05, 4.69) is 21.3 Å². The largest absolute Gasteiger partial charge is 0.493 e. The Kier molecular flexibility index (Phi) is 8.15. The van der Waals surface area contributed by atoms with Crippen molar-refractivity contribution in [2.24, 2.45) is 5.73 Å². The highest BCUT2D eigenvalue weighted by atomic mass is 35.5. The number of benzene rings is 2. The fourth-order valence-electron chi connectivity index (χ4n) is 3.30. The molecule has 1 aliphatic rings. The molecule has 9 nitrogen and oxygen atoms in total. The predicted molar refractivity (Wildman–Crippen MR) is 125 cm³/mol. The Hall–Kier alpha value is -3.01. The van der Waals surface area contributed by atoms with Gasteiger partial charge in [-0.1, -0.05) is 29.3 Å². The summed E-state index contributed by atoms with van der Waals surface area (Å²) in [5, 5.41) is 19.3. The standard InChI is InChI=1S/C21H24Cl2N6O3/c22-14-2-1-3-15(23)19(14)20(31)27-8-7-26-18(30)11-28-16-6-9-32-17-5-4-12(10-13(16)17)29-21(24)25/h1-5,10,16,28H,6-9,11H2,(H,26,30)(H,27,31)(H4,24,25,29). The second kappa shape index (κ2) is 11.0. The molecule has 2 aromatic carbocycles. The molecule has 170 valence electrons. The normalized spacial score (nSPS) is 14.6. The van der Waals surface area contributed by atoms with Crippen molar-refractivity contribution in [3.63, 3.8) is 0 Å². The maximum atomic E-state index is 12.2. The molecular formula is C21H24Cl2N6O3. The van der Waals surface area contributed by atoms with E-state index in [1.54, 1.807) is 24.3 Å². The summed E-state index contributed by atoms with van der Waals surface area (Å²) in [6.07, 6.45) is 0.693. The first-order valence-electron chi connectivity index (χ1n) is 9.95. The van der Waals surface area contributed by atoms with Crippen LogP contribution in [0.5, 0.6) is 5.75 Å². The highest BCUT2D eigenvalue weighted by Crippen LogP contribution is 2.34. The number of halogens is 2. The van der Waals surface area contributed by atoms with Crippen LogP contribution in [0.15, 0.2) is 36.4 Å². The molecule has 1 atom stereocenters. The molecule has 0 saturated heterocycles. The predicted octanol–water partition coefficient (Wildman–Crippen LogP) is 2.26. The molecule has 2 aromatic rings. The van der Waals surface area contributed by atoms with E-state index in [-0.39, 0.29) is 53.2 Å². The van der Waals surface area contributed by atoms with Crippen LogP contribution in [0.25, 0.3) is 0 Å². The lowest BCUT2D eigenvalue weighted by atomic mass is 10.00. The highest BCUT2D eigenvalue weighted by Gasteiger charge is 2.22. The molecule has 0 aliphatic carbocycles. The summed E-state index contributed by atoms with van der Waals surface area (Å²) >= 11 is 12.0. The Balaban J connectivity index is 1.45. The maximum absolute atomic E-state index is 12.2. The Morgan fingerprint density at radius 3 is 2.56 bits per heavy atom. The first-order chi connectivity index (χ1) is 15.3. The van der Waals surface area contributed by atoms with Crippen molar-refractivity contribution in [2.45, 2.75) is 12.5 Å². The third kappa shape index (κ3) is 6.25. The fourth-order valence-corrected chi connectivity index (χ4v) is 3.87. The Bertz CT molecular complexity index is 997. The number of carbonyl (C=O) groups excluding carboxylic acids is 2. The van der Waals surface area contributed by atoms with Crippen LogP contribution in [0.3, 0.4) is 0 Å². The quantitative estimate of drug-likeness (QED) is 0.195. The number of hydrogen-bond acceptors (Lipinski definition) is 5. The van der Waals surface area contributed by atoms with Crippen LogP contribution in [-0.2, 0) is 4.79 Å². The number of ether oxygens (including phenoxy) is 1. The van der Waals surface area contributed by atoms with Crippen molar-refractivity contribution >= 4 is 46.7 Å². The first kappa shape index (κ1) is 23.6. The van der Waals surface area contributed by atoms with E-state index < -0.39 is 5.91 Å². The number of nitrogens with one attached hydrogen (secondary N) is 5. The number of fused-ring (bicyclic) bond motifs is 1. The molecule has 0 saturated carbocycles. The lowest BCUT2D eigenvalue weighted by Crippen LogP contribution is -2.40. The van der Waals surface area contributed by atoms with Crippen LogP contribution in [0.4, 0.5) is 5.69 Å². The van der Waals surface area contributed by atoms with Crippen LogP contribution < -0.4 is 31.7 Å². The molecule has 0 aromatic heterocycles. The van der Waals surface area contributed by atoms with Gasteiger partial charge in [0.05, 0.1) is 28.8 Å². The van der Waals surface area contributed by atoms with Gasteiger partial charge in [0.1, 0.15) is 5.75 Å². The average molecular weight is 479 g/mol. The average Bonchev–Trinajstić information content (AvgIpc) is 2.74. The number of hydrogen-bond donors (Lipinski definition) is 6. The minimum atomic E-state index is -0.401. The molecule has 0 radical (unpaired) electrons. The van der Waals surface area contributed by atoms with Gasteiger partial charge in [0.2, 0.25) is 5.91 Å². The van der Waals surface area contributed by atoms with Gasteiger partial charge in [-0.15, -0.1) is 0 Å². The Morgan fingerprint density at radius 2 is 1.84 bits per heavy atom. The number of nitrogens with two attached hydrogens (primary N) is 1. The van der Waals surface area contributed by atoms with Gasteiger partial charge in [0.15, 0.2) is 5.96 Å². The SMILES string of the molecule is N=C(N)Nc1ccc2c(c1)C(NCC(=O)NCCNC(=O)c1c(Cl)cccc1Cl)CCO2. The molecule has 0 bridgehead atoms. The molecule has 1 heterocycles. The molecule has 11 heteroatoms. The summed E-state index contributed by atoms with van der Waals surface area (Å²) in [5.74, 6) is -0.0403. The summed E-state index contributed by atoms with van der Waals surface area (Å²) < 4.78 is 5.66. The molecule has 1 aliphatic heterocycles. The van der Waals surface area contributed by atoms with Crippen LogP contribution >= 0.6 is 23.2 Å². The molecule has 1 unspecified atom stereocenters. The van der Waals surface area contributed by atoms with E-state index in [9.17, 15) is 9.59 Å². The van der Waals surface area contributed by atoms with Gasteiger partial charge in [-0.3, -0.25) is 15.0 Å². The van der Waals surface area contributed by atoms with E-state index >= 15 is 0 Å². The highest BCUT2D eigenvalue weighted by molar-refractivity contribution is 6.39. The van der Waals surface area contributed by atoms with E-state index in [0.717, 1.165) is 11.3 Å². The maximum Gasteiger partial charge on any atom is 0.254 e. The summed E-state index contributed by atoms with van der Waals surface area (Å²) in [7, 11) is 0. The van der Waals surface area contributed by atoms with Crippen LogP contribution in [0, 0.1) is 5.41 Å². The van der Waals surface area contributed by atoms with Crippen molar-refractivity contribution in [1.82, 2.24) is 16.0 Å². The van der Waals surface area contributed by atoms with Gasteiger partial charge in [-0.05, 0) is 30.3 Å². The van der Waals surface area contributed by atoms with Crippen molar-refractivity contribution in [1.29, 1.82) is 5.41 Å². The van der Waals surface area contributed by atoms with Crippen molar-refractivity contribution < 1.29 is 14.3 Å². The molecule has 32 heavy (non-hydrogen) atoms. The smallest absolute Gasteiger partial charge is 0.254 e. The summed E-state index contributed by atoms with van der Waals surface area (Å²) in [6.45, 7) is 1.11. The summed E-state index contributed by atoms with van der Waals surface area (Å²) in [6, 6.07) is 10.2. The van der Waals surface area contributed by atoms with Crippen molar-refractivity contribution in [3.05, 3.63) is 57.6 Å². The van der Waals surface area contributed by atoms with E-state index in [1.807, 2.05) is 12.1 Å². The number of anilines is 1. The lowest BCUT2D eigenvalue weighted by Gasteiger charge is -2.27. The lowest BCUT2D eigenvalue weighted by molar-refractivity contribution is -0.120. The zero-order chi connectivity index (χ0) is 23.1. The van der Waals surface area contributed by atoms with E-state index in [0.29, 0.717) is 18.7 Å². The van der Waals surface area contributed by atoms with Gasteiger partial charge in [0.25, 0.3) is 5.91 Å². The second-order valence-corrected chi connectivity index (χ2v) is 7.88. The fraction of sp³-hybridized carbons (Fsp3) is 0.286. The molecule has 0 fully saturated rings. The molecular weight excluding hydrogens is 455 g/mol. The molecule has 0 spiro atoms. The summed E-state index contributed by atoms with van der Waals surface area (Å²) in [5.41, 5.74) is 7.16. The van der Waals surface area contributed by atoms with Crippen molar-refractivity contribution in [3.8, 4) is 5.75 Å². The van der Waals surface area contributed by atoms with Crippen LogP contribution in [-0.4, -0.2) is 44.0 Å². The van der Waals surface area contributed by atoms with Crippen LogP contribution in [0.1, 0.15) is 28.4 Å². The Labute approximate surface area is 195 Å². The van der Waals surface area contributed by atoms with E-state index in [4.69, 9.17) is 39.1 Å². The summed E-state index contributed by atoms with van der Waals surface area (Å²) in [4.78, 5) is 24.4. The van der Waals surface area contributed by atoms with E-state index in [1.165, 1.54) is 0 Å². The minimum absolute atomic E-state index is 0.0831. The van der Waals surface area contributed by atoms with Gasteiger partial charge in [-0.2, -0.15) is 0 Å². The molecule has 2 amide bonds. The molecule has 7 N–H and O–H groups in total. The number of carbonyl (C=O) groups is 2. The number of rotatable bonds is 8. The van der Waals surface area contributed by atoms with Gasteiger partial charge >= 0.3 is 0 Å². The van der Waals surface area contributed by atoms with Crippen LogP contribution in [0.2, 0.25) is 10.0 Å². The number of guanidine groups is 1. The van der Waals surface area contributed by atoms with Gasteiger partial charge in [-0.25, -0.2) is 0 Å². The monoisotopic (exact) mass is 478 g/mol. The van der Waals surface area contributed by atoms with Gasteiger partial charge in [0, 0.05) is 36.8 Å². The molecule has 3 rings (SSSR count). The third-order valence-electron chi connectivity index (χ3n) is 4.76. The first-order valence-corrected chi connectivity index (χ1v) is 10.7. The van der Waals surface area contributed by atoms with Gasteiger partial charge < -0.3 is 31.7 Å².